The molecule has 94 valence electrons. The average Bonchev–Trinajstić information content (AvgIpc) is 2.46. The Morgan fingerprint density at radius 1 is 0.833 bits per heavy atom. The van der Waals surface area contributed by atoms with Crippen LogP contribution >= 0.6 is 6.04 Å². The second kappa shape index (κ2) is 6.29. The maximum Gasteiger partial charge on any atom is 0.0106 e. The summed E-state index contributed by atoms with van der Waals surface area (Å²) in [7, 11) is 0. The molecule has 0 saturated heterocycles. The molecule has 0 spiro atoms. The lowest BCUT2D eigenvalue weighted by Gasteiger charge is -2.23. The van der Waals surface area contributed by atoms with E-state index in [1.807, 2.05) is 12.1 Å². The molecule has 2 aromatic rings. The summed E-state index contributed by atoms with van der Waals surface area (Å²) in [6, 6.07) is 19.3. The van der Waals surface area contributed by atoms with Crippen molar-refractivity contribution in [3.05, 3.63) is 60.7 Å². The van der Waals surface area contributed by atoms with Gasteiger partial charge in [-0.2, -0.15) is 0 Å². The third kappa shape index (κ3) is 2.89. The molecule has 1 nitrogen and oxygen atoms in total. The van der Waals surface area contributed by atoms with Crippen LogP contribution in [0, 0.1) is 0 Å². The van der Waals surface area contributed by atoms with E-state index < -0.39 is 6.04 Å². The highest BCUT2D eigenvalue weighted by Crippen LogP contribution is 2.44. The van der Waals surface area contributed by atoms with E-state index in [1.54, 1.807) is 0 Å². The molecule has 0 bridgehead atoms. The van der Waals surface area contributed by atoms with Crippen molar-refractivity contribution in [1.29, 1.82) is 0 Å². The third-order valence-electron chi connectivity index (χ3n) is 3.02. The predicted molar refractivity (Wildman–Crippen MR) is 85.0 cm³/mol. The van der Waals surface area contributed by atoms with Crippen molar-refractivity contribution in [3.63, 3.8) is 0 Å². The van der Waals surface area contributed by atoms with Crippen LogP contribution in [0.4, 0.5) is 0 Å². The zero-order valence-electron chi connectivity index (χ0n) is 10.3. The van der Waals surface area contributed by atoms with Gasteiger partial charge < -0.3 is 5.73 Å². The SMILES string of the molecule is NCCCP(=S)(c1ccccc1)c1ccccc1. The van der Waals surface area contributed by atoms with E-state index in [2.05, 4.69) is 48.5 Å². The molecule has 18 heavy (non-hydrogen) atoms. The van der Waals surface area contributed by atoms with Gasteiger partial charge in [0, 0.05) is 6.04 Å². The van der Waals surface area contributed by atoms with Gasteiger partial charge in [0.2, 0.25) is 0 Å². The Bertz CT molecular complexity index is 481. The summed E-state index contributed by atoms with van der Waals surface area (Å²) in [6.07, 6.45) is 1.99. The summed E-state index contributed by atoms with van der Waals surface area (Å²) in [5, 5.41) is 2.58. The number of rotatable bonds is 5. The van der Waals surface area contributed by atoms with Crippen LogP contribution in [0.5, 0.6) is 0 Å². The van der Waals surface area contributed by atoms with Gasteiger partial charge in [-0.05, 0) is 29.7 Å². The highest BCUT2D eigenvalue weighted by atomic mass is 32.4. The van der Waals surface area contributed by atoms with Crippen molar-refractivity contribution in [2.24, 2.45) is 5.73 Å². The summed E-state index contributed by atoms with van der Waals surface area (Å²) >= 11 is 6.06. The van der Waals surface area contributed by atoms with E-state index in [1.165, 1.54) is 10.6 Å². The molecule has 0 radical (unpaired) electrons. The largest absolute Gasteiger partial charge is 0.330 e. The molecule has 2 aromatic carbocycles. The van der Waals surface area contributed by atoms with Crippen molar-refractivity contribution in [2.45, 2.75) is 6.42 Å². The van der Waals surface area contributed by atoms with Crippen LogP contribution in [0.3, 0.4) is 0 Å². The van der Waals surface area contributed by atoms with Crippen LogP contribution in [-0.2, 0) is 11.8 Å². The van der Waals surface area contributed by atoms with Crippen LogP contribution in [0.25, 0.3) is 0 Å². The standard InChI is InChI=1S/C15H18NPS/c16-12-7-13-17(18,14-8-3-1-4-9-14)15-10-5-2-6-11-15/h1-6,8-11H,7,12-13,16H2. The molecule has 0 saturated carbocycles. The fourth-order valence-electron chi connectivity index (χ4n) is 2.06. The number of hydrogen-bond donors (Lipinski definition) is 1. The minimum absolute atomic E-state index is 0.706. The topological polar surface area (TPSA) is 26.0 Å². The molecule has 3 heteroatoms. The molecule has 0 aliphatic carbocycles. The summed E-state index contributed by atoms with van der Waals surface area (Å²) < 4.78 is 0. The summed E-state index contributed by atoms with van der Waals surface area (Å²) in [5.41, 5.74) is 5.66. The lowest BCUT2D eigenvalue weighted by atomic mass is 10.4. The van der Waals surface area contributed by atoms with Crippen molar-refractivity contribution in [1.82, 2.24) is 0 Å². The minimum atomic E-state index is -1.69. The highest BCUT2D eigenvalue weighted by Gasteiger charge is 2.20. The van der Waals surface area contributed by atoms with E-state index in [4.69, 9.17) is 17.5 Å². The van der Waals surface area contributed by atoms with E-state index in [-0.39, 0.29) is 0 Å². The zero-order chi connectivity index (χ0) is 12.8. The summed E-state index contributed by atoms with van der Waals surface area (Å²) in [6.45, 7) is 0.706. The normalized spacial score (nSPS) is 11.4. The second-order valence-electron chi connectivity index (χ2n) is 4.28. The monoisotopic (exact) mass is 275 g/mol. The maximum atomic E-state index is 6.06. The van der Waals surface area contributed by atoms with E-state index >= 15 is 0 Å². The van der Waals surface area contributed by atoms with E-state index in [9.17, 15) is 0 Å². The van der Waals surface area contributed by atoms with Gasteiger partial charge in [-0.1, -0.05) is 72.5 Å². The van der Waals surface area contributed by atoms with E-state index in [0.717, 1.165) is 12.6 Å². The van der Waals surface area contributed by atoms with Crippen LogP contribution < -0.4 is 16.3 Å². The third-order valence-corrected chi connectivity index (χ3v) is 8.05. The van der Waals surface area contributed by atoms with Gasteiger partial charge in [0.1, 0.15) is 0 Å². The van der Waals surface area contributed by atoms with Gasteiger partial charge >= 0.3 is 0 Å². The average molecular weight is 275 g/mol. The Morgan fingerprint density at radius 3 is 1.67 bits per heavy atom. The molecule has 0 fully saturated rings. The molecule has 0 atom stereocenters. The van der Waals surface area contributed by atoms with Crippen molar-refractivity contribution >= 4 is 28.5 Å². The number of benzene rings is 2. The van der Waals surface area contributed by atoms with Gasteiger partial charge in [0.25, 0.3) is 0 Å². The molecule has 0 amide bonds. The first-order valence-electron chi connectivity index (χ1n) is 6.18. The Kier molecular flexibility index (Phi) is 4.71. The molecule has 0 aliphatic heterocycles. The summed E-state index contributed by atoms with van der Waals surface area (Å²) in [4.78, 5) is 0. The minimum Gasteiger partial charge on any atom is -0.330 e. The van der Waals surface area contributed by atoms with Crippen LogP contribution in [0.1, 0.15) is 6.42 Å². The molecule has 0 aromatic heterocycles. The van der Waals surface area contributed by atoms with Crippen molar-refractivity contribution in [2.75, 3.05) is 12.7 Å². The van der Waals surface area contributed by atoms with Gasteiger partial charge in [0.05, 0.1) is 0 Å². The summed E-state index contributed by atoms with van der Waals surface area (Å²) in [5.74, 6) is 0. The van der Waals surface area contributed by atoms with Gasteiger partial charge in [-0.15, -0.1) is 0 Å². The van der Waals surface area contributed by atoms with Crippen molar-refractivity contribution < 1.29 is 0 Å². The van der Waals surface area contributed by atoms with Crippen LogP contribution in [0.15, 0.2) is 60.7 Å². The highest BCUT2D eigenvalue weighted by molar-refractivity contribution is 8.21. The Hall–Kier alpha value is -0.950. The Balaban J connectivity index is 2.45. The lowest BCUT2D eigenvalue weighted by molar-refractivity contribution is 0.940. The van der Waals surface area contributed by atoms with Gasteiger partial charge in [-0.25, -0.2) is 0 Å². The lowest BCUT2D eigenvalue weighted by Crippen LogP contribution is -2.19. The zero-order valence-corrected chi connectivity index (χ0v) is 12.0. The van der Waals surface area contributed by atoms with Gasteiger partial charge in [-0.3, -0.25) is 0 Å². The van der Waals surface area contributed by atoms with Gasteiger partial charge in [0.15, 0.2) is 0 Å². The predicted octanol–water partition coefficient (Wildman–Crippen LogP) is 2.47. The molecule has 0 aliphatic rings. The molecule has 2 N–H and O–H groups in total. The Labute approximate surface area is 114 Å². The first-order chi connectivity index (χ1) is 8.77. The number of nitrogens with two attached hydrogens (primary N) is 1. The first-order valence-corrected chi connectivity index (χ1v) is 9.16. The molecule has 0 heterocycles. The first kappa shape index (κ1) is 13.5. The van der Waals surface area contributed by atoms with E-state index in [0.29, 0.717) is 6.54 Å². The van der Waals surface area contributed by atoms with Crippen LogP contribution in [0.2, 0.25) is 0 Å². The second-order valence-corrected chi connectivity index (χ2v) is 9.11. The number of hydrogen-bond acceptors (Lipinski definition) is 2. The molecular weight excluding hydrogens is 257 g/mol. The van der Waals surface area contributed by atoms with Crippen molar-refractivity contribution in [3.8, 4) is 0 Å². The fraction of sp³-hybridized carbons (Fsp3) is 0.200. The Morgan fingerprint density at radius 2 is 1.28 bits per heavy atom. The molecule has 0 unspecified atom stereocenters. The molecule has 2 rings (SSSR count). The maximum absolute atomic E-state index is 6.06. The smallest absolute Gasteiger partial charge is 0.0106 e. The van der Waals surface area contributed by atoms with Crippen LogP contribution in [-0.4, -0.2) is 12.7 Å². The fourth-order valence-corrected chi connectivity index (χ4v) is 5.93. The quantitative estimate of drug-likeness (QED) is 0.848. The molecular formula is C15H18NPS.